The lowest BCUT2D eigenvalue weighted by molar-refractivity contribution is -0.870. The Hall–Kier alpha value is -5.35. The number of carboxylic acid groups (broad SMARTS) is 1. The fourth-order valence-corrected chi connectivity index (χ4v) is 9.86. The summed E-state index contributed by atoms with van der Waals surface area (Å²) in [5.41, 5.74) is 0. The number of unbranched alkanes of at least 4 members (excludes halogenated alkanes) is 24. The normalized spacial score (nSPS) is 13.7. The highest BCUT2D eigenvalue weighted by Crippen LogP contribution is 2.17. The van der Waals surface area contributed by atoms with Crippen molar-refractivity contribution in [2.75, 3.05) is 47.5 Å². The Morgan fingerprint density at radius 3 is 0.860 bits per heavy atom. The van der Waals surface area contributed by atoms with E-state index in [4.69, 9.17) is 18.9 Å². The van der Waals surface area contributed by atoms with Crippen LogP contribution in [0.4, 0.5) is 0 Å². The van der Waals surface area contributed by atoms with Gasteiger partial charge in [-0.1, -0.05) is 312 Å². The minimum Gasteiger partial charge on any atom is -0.477 e. The monoisotopic (exact) mass is 1290 g/mol. The average Bonchev–Trinajstić information content (AvgIpc) is 3.74. The molecule has 526 valence electrons. The molecule has 1 N–H and O–H groups in total. The molecule has 0 aliphatic carbocycles. The number of carbonyl (C=O) groups excluding carboxylic acids is 2. The standard InChI is InChI=1S/C84H137NO8/c1-6-8-10-12-14-16-18-20-22-24-26-28-30-32-34-36-37-38-39-40-41-42-43-44-45-47-48-50-52-54-56-58-60-62-64-66-68-70-72-74-81(86)91-78-80(79-92-84(83(88)89)90-77-76-85(3,4)5)93-82(87)75-73-71-69-67-65-63-61-59-57-55-53-51-49-46-35-33-31-29-27-25-23-21-19-17-15-13-11-9-7-2/h8-11,14-17,20-23,26-29,32-35,37-38,49,51,55,57,61,63,80,84H,6-7,12-13,18-19,24-25,30-31,36,39-48,50,52-54,56,58-60,62,64-79H2,1-5H3/p+1/b10-8-,11-9-,16-14-,17-15-,22-20-,23-21-,28-26-,29-27-,34-32-,35-33-,38-37-,51-49-,57-55-,63-61-. The van der Waals surface area contributed by atoms with E-state index < -0.39 is 24.3 Å². The fraction of sp³-hybridized carbons (Fsp3) is 0.631. The molecule has 0 bridgehead atoms. The van der Waals surface area contributed by atoms with Crippen molar-refractivity contribution >= 4 is 17.9 Å². The summed E-state index contributed by atoms with van der Waals surface area (Å²) < 4.78 is 23.0. The Balaban J connectivity index is 4.12. The summed E-state index contributed by atoms with van der Waals surface area (Å²) in [6.45, 7) is 4.62. The maximum Gasteiger partial charge on any atom is 0.361 e. The molecule has 9 heteroatoms. The molecule has 0 fully saturated rings. The highest BCUT2D eigenvalue weighted by atomic mass is 16.7. The SMILES string of the molecule is CC/C=C\C/C=C\C/C=C\C/C=C\C/C=C\C/C=C\C/C=C\C/C=C\CCCCCCC(=O)OC(COC(=O)CCCCCCCCCCCCCCCCCCCCCC/C=C\C/C=C\C/C=C\C/C=C\C/C=C\C/C=C\CC)COC(OCC[N+](C)(C)C)C(=O)O. The van der Waals surface area contributed by atoms with Gasteiger partial charge in [0.1, 0.15) is 13.2 Å². The number of carbonyl (C=O) groups is 3. The molecule has 0 aliphatic rings. The smallest absolute Gasteiger partial charge is 0.361 e. The van der Waals surface area contributed by atoms with E-state index in [-0.39, 0.29) is 38.6 Å². The molecule has 0 aromatic rings. The number of nitrogens with zero attached hydrogens (tertiary/aromatic N) is 1. The molecule has 2 unspecified atom stereocenters. The van der Waals surface area contributed by atoms with Gasteiger partial charge in [-0.05, 0) is 128 Å². The first-order chi connectivity index (χ1) is 45.6. The minimum atomic E-state index is -1.53. The van der Waals surface area contributed by atoms with Crippen molar-refractivity contribution in [2.24, 2.45) is 0 Å². The molecule has 0 spiro atoms. The molecular weight excluding hydrogens is 1150 g/mol. The van der Waals surface area contributed by atoms with E-state index in [0.29, 0.717) is 17.4 Å². The number of hydrogen-bond donors (Lipinski definition) is 1. The Bertz CT molecular complexity index is 2140. The second-order valence-electron chi connectivity index (χ2n) is 25.5. The fourth-order valence-electron chi connectivity index (χ4n) is 9.86. The largest absolute Gasteiger partial charge is 0.477 e. The van der Waals surface area contributed by atoms with Crippen molar-refractivity contribution < 1.29 is 42.9 Å². The van der Waals surface area contributed by atoms with Crippen LogP contribution in [0.3, 0.4) is 0 Å². The van der Waals surface area contributed by atoms with Gasteiger partial charge >= 0.3 is 17.9 Å². The van der Waals surface area contributed by atoms with Crippen LogP contribution in [0.2, 0.25) is 0 Å². The van der Waals surface area contributed by atoms with Crippen LogP contribution in [-0.4, -0.2) is 87.4 Å². The van der Waals surface area contributed by atoms with Crippen LogP contribution in [0.1, 0.15) is 284 Å². The number of hydrogen-bond acceptors (Lipinski definition) is 7. The predicted molar refractivity (Wildman–Crippen MR) is 400 cm³/mol. The first kappa shape index (κ1) is 87.7. The third kappa shape index (κ3) is 73.9. The molecular formula is C84H138NO8+. The van der Waals surface area contributed by atoms with Crippen molar-refractivity contribution in [3.8, 4) is 0 Å². The maximum atomic E-state index is 12.9. The number of quaternary nitrogens is 1. The number of likely N-dealkylation sites (N-methyl/N-ethyl adjacent to an activating group) is 1. The van der Waals surface area contributed by atoms with Gasteiger partial charge in [-0.25, -0.2) is 4.79 Å². The molecule has 0 aliphatic heterocycles. The van der Waals surface area contributed by atoms with E-state index in [2.05, 4.69) is 184 Å². The van der Waals surface area contributed by atoms with Crippen LogP contribution in [-0.2, 0) is 33.3 Å². The van der Waals surface area contributed by atoms with E-state index in [1.807, 2.05) is 21.1 Å². The van der Waals surface area contributed by atoms with Gasteiger partial charge in [-0.15, -0.1) is 0 Å². The van der Waals surface area contributed by atoms with Crippen LogP contribution in [0.25, 0.3) is 0 Å². The Morgan fingerprint density at radius 1 is 0.323 bits per heavy atom. The van der Waals surface area contributed by atoms with E-state index in [1.54, 1.807) is 0 Å². The Morgan fingerprint density at radius 2 is 0.581 bits per heavy atom. The highest BCUT2D eigenvalue weighted by molar-refractivity contribution is 5.71. The third-order valence-corrected chi connectivity index (χ3v) is 15.5. The molecule has 0 aromatic heterocycles. The number of aliphatic carboxylic acids is 1. The molecule has 2 atom stereocenters. The number of allylic oxidation sites excluding steroid dienone is 28. The molecule has 0 aromatic carbocycles. The van der Waals surface area contributed by atoms with Crippen molar-refractivity contribution in [3.63, 3.8) is 0 Å². The van der Waals surface area contributed by atoms with E-state index in [9.17, 15) is 19.5 Å². The quantitative estimate of drug-likeness (QED) is 0.0211. The van der Waals surface area contributed by atoms with E-state index in [1.165, 1.54) is 116 Å². The van der Waals surface area contributed by atoms with Crippen molar-refractivity contribution in [2.45, 2.75) is 296 Å². The molecule has 93 heavy (non-hydrogen) atoms. The third-order valence-electron chi connectivity index (χ3n) is 15.5. The average molecular weight is 1290 g/mol. The maximum absolute atomic E-state index is 12.9. The summed E-state index contributed by atoms with van der Waals surface area (Å²) in [6.07, 6.45) is 106. The van der Waals surface area contributed by atoms with Gasteiger partial charge in [0.25, 0.3) is 6.29 Å². The summed E-state index contributed by atoms with van der Waals surface area (Å²) >= 11 is 0. The highest BCUT2D eigenvalue weighted by Gasteiger charge is 2.25. The van der Waals surface area contributed by atoms with Gasteiger partial charge in [0.05, 0.1) is 34.4 Å². The topological polar surface area (TPSA) is 108 Å². The minimum absolute atomic E-state index is 0.175. The van der Waals surface area contributed by atoms with Gasteiger partial charge in [-0.2, -0.15) is 0 Å². The lowest BCUT2D eigenvalue weighted by Gasteiger charge is -2.25. The molecule has 0 saturated carbocycles. The van der Waals surface area contributed by atoms with Gasteiger partial charge in [0, 0.05) is 12.8 Å². The van der Waals surface area contributed by atoms with Crippen LogP contribution < -0.4 is 0 Å². The van der Waals surface area contributed by atoms with E-state index in [0.717, 1.165) is 135 Å². The van der Waals surface area contributed by atoms with Gasteiger partial charge in [-0.3, -0.25) is 9.59 Å². The first-order valence-electron chi connectivity index (χ1n) is 37.3. The van der Waals surface area contributed by atoms with Crippen LogP contribution in [0.15, 0.2) is 170 Å². The second-order valence-corrected chi connectivity index (χ2v) is 25.5. The summed E-state index contributed by atoms with van der Waals surface area (Å²) in [4.78, 5) is 37.7. The zero-order chi connectivity index (χ0) is 67.5. The Kier molecular flexibility index (Phi) is 68.3. The van der Waals surface area contributed by atoms with Crippen molar-refractivity contribution in [1.82, 2.24) is 0 Å². The van der Waals surface area contributed by atoms with Crippen LogP contribution in [0, 0.1) is 0 Å². The molecule has 0 radical (unpaired) electrons. The number of carboxylic acids is 1. The van der Waals surface area contributed by atoms with E-state index >= 15 is 0 Å². The zero-order valence-electron chi connectivity index (χ0n) is 60.1. The number of esters is 2. The number of rotatable bonds is 67. The van der Waals surface area contributed by atoms with Gasteiger partial charge in [0.15, 0.2) is 6.10 Å². The van der Waals surface area contributed by atoms with Crippen molar-refractivity contribution in [3.05, 3.63) is 170 Å². The van der Waals surface area contributed by atoms with Gasteiger partial charge in [0.2, 0.25) is 0 Å². The second kappa shape index (κ2) is 72.5. The molecule has 0 heterocycles. The lowest BCUT2D eigenvalue weighted by atomic mass is 10.0. The predicted octanol–water partition coefficient (Wildman–Crippen LogP) is 23.8. The number of ether oxygens (including phenoxy) is 4. The van der Waals surface area contributed by atoms with Crippen LogP contribution in [0.5, 0.6) is 0 Å². The lowest BCUT2D eigenvalue weighted by Crippen LogP contribution is -2.40. The summed E-state index contributed by atoms with van der Waals surface area (Å²) in [5.74, 6) is -2.05. The molecule has 9 nitrogen and oxygen atoms in total. The first-order valence-corrected chi connectivity index (χ1v) is 37.3. The molecule has 0 saturated heterocycles. The molecule has 0 rings (SSSR count). The zero-order valence-corrected chi connectivity index (χ0v) is 60.1. The summed E-state index contributed by atoms with van der Waals surface area (Å²) in [5, 5.41) is 9.76. The summed E-state index contributed by atoms with van der Waals surface area (Å²) in [6, 6.07) is 0. The van der Waals surface area contributed by atoms with Crippen LogP contribution >= 0.6 is 0 Å². The summed E-state index contributed by atoms with van der Waals surface area (Å²) in [7, 11) is 5.96. The van der Waals surface area contributed by atoms with Crippen molar-refractivity contribution in [1.29, 1.82) is 0 Å². The molecule has 0 amide bonds. The Labute approximate surface area is 571 Å². The van der Waals surface area contributed by atoms with Gasteiger partial charge < -0.3 is 28.5 Å².